The number of esters is 4. The van der Waals surface area contributed by atoms with Crippen molar-refractivity contribution in [3.8, 4) is 0 Å². The van der Waals surface area contributed by atoms with Crippen LogP contribution in [0, 0.1) is 11.8 Å². The first-order valence-electron chi connectivity index (χ1n) is 37.0. The maximum Gasteiger partial charge on any atom is 0.472 e. The van der Waals surface area contributed by atoms with Crippen molar-refractivity contribution in [2.75, 3.05) is 39.6 Å². The maximum absolute atomic E-state index is 13.0. The molecule has 0 saturated heterocycles. The molecule has 0 bridgehead atoms. The smallest absolute Gasteiger partial charge is 0.462 e. The Morgan fingerprint density at radius 3 is 0.756 bits per heavy atom. The monoisotopic (exact) mass is 1320 g/mol. The molecule has 2 unspecified atom stereocenters. The summed E-state index contributed by atoms with van der Waals surface area (Å²) in [5, 5.41) is 10.6. The van der Waals surface area contributed by atoms with E-state index in [2.05, 4.69) is 41.5 Å². The summed E-state index contributed by atoms with van der Waals surface area (Å²) >= 11 is 0. The fourth-order valence-electron chi connectivity index (χ4n) is 10.8. The Morgan fingerprint density at radius 2 is 0.511 bits per heavy atom. The predicted molar refractivity (Wildman–Crippen MR) is 363 cm³/mol. The number of unbranched alkanes of at least 4 members (excludes halogenated alkanes) is 40. The second-order valence-corrected chi connectivity index (χ2v) is 29.5. The number of rotatable bonds is 70. The number of hydrogen-bond acceptors (Lipinski definition) is 15. The average molecular weight is 1330 g/mol. The van der Waals surface area contributed by atoms with Gasteiger partial charge in [0, 0.05) is 25.7 Å². The minimum atomic E-state index is -4.95. The quantitative estimate of drug-likeness (QED) is 0.0222. The second-order valence-electron chi connectivity index (χ2n) is 26.6. The first kappa shape index (κ1) is 88.1. The summed E-state index contributed by atoms with van der Waals surface area (Å²) in [4.78, 5) is 72.5. The van der Waals surface area contributed by atoms with Crippen molar-refractivity contribution < 1.29 is 80.2 Å². The van der Waals surface area contributed by atoms with Gasteiger partial charge in [0.2, 0.25) is 0 Å². The molecule has 0 radical (unpaired) electrons. The van der Waals surface area contributed by atoms with Gasteiger partial charge in [0.25, 0.3) is 0 Å². The lowest BCUT2D eigenvalue weighted by Crippen LogP contribution is -2.30. The zero-order chi connectivity index (χ0) is 66.5. The fraction of sp³-hybridized carbons (Fsp3) is 0.944. The van der Waals surface area contributed by atoms with Crippen LogP contribution in [0.4, 0.5) is 0 Å². The van der Waals surface area contributed by atoms with Gasteiger partial charge in [0.1, 0.15) is 19.3 Å². The number of aliphatic hydroxyl groups is 1. The van der Waals surface area contributed by atoms with Crippen LogP contribution in [-0.2, 0) is 65.4 Å². The van der Waals surface area contributed by atoms with E-state index < -0.39 is 97.5 Å². The van der Waals surface area contributed by atoms with E-state index in [1.807, 2.05) is 0 Å². The minimum absolute atomic E-state index is 0.102. The van der Waals surface area contributed by atoms with Crippen molar-refractivity contribution in [3.05, 3.63) is 0 Å². The van der Waals surface area contributed by atoms with E-state index in [1.54, 1.807) is 0 Å². The molecular formula is C71H138O17P2. The summed E-state index contributed by atoms with van der Waals surface area (Å²) in [7, 11) is -9.90. The molecule has 19 heteroatoms. The van der Waals surface area contributed by atoms with E-state index in [-0.39, 0.29) is 25.7 Å². The van der Waals surface area contributed by atoms with Crippen LogP contribution in [0.15, 0.2) is 0 Å². The molecule has 0 amide bonds. The van der Waals surface area contributed by atoms with Gasteiger partial charge in [-0.25, -0.2) is 9.13 Å². The number of phosphoric ester groups is 2. The van der Waals surface area contributed by atoms with Crippen molar-refractivity contribution in [2.24, 2.45) is 11.8 Å². The van der Waals surface area contributed by atoms with E-state index in [0.29, 0.717) is 31.6 Å². The Hall–Kier alpha value is -1.94. The summed E-state index contributed by atoms with van der Waals surface area (Å²) in [6.07, 6.45) is 48.8. The van der Waals surface area contributed by atoms with Crippen LogP contribution in [-0.4, -0.2) is 96.7 Å². The minimum Gasteiger partial charge on any atom is -0.462 e. The molecule has 0 aliphatic heterocycles. The summed E-state index contributed by atoms with van der Waals surface area (Å²) < 4.78 is 68.2. The zero-order valence-corrected chi connectivity index (χ0v) is 60.2. The molecule has 0 aliphatic rings. The summed E-state index contributed by atoms with van der Waals surface area (Å²) in [6, 6.07) is 0. The Kier molecular flexibility index (Phi) is 61.8. The molecular weight excluding hydrogens is 1190 g/mol. The molecule has 5 atom stereocenters. The Labute approximate surface area is 549 Å². The highest BCUT2D eigenvalue weighted by molar-refractivity contribution is 7.47. The van der Waals surface area contributed by atoms with Crippen molar-refractivity contribution in [1.82, 2.24) is 0 Å². The topological polar surface area (TPSA) is 237 Å². The van der Waals surface area contributed by atoms with Crippen LogP contribution >= 0.6 is 15.6 Å². The number of hydrogen-bond donors (Lipinski definition) is 3. The van der Waals surface area contributed by atoms with Crippen molar-refractivity contribution in [1.29, 1.82) is 0 Å². The van der Waals surface area contributed by atoms with E-state index >= 15 is 0 Å². The lowest BCUT2D eigenvalue weighted by Gasteiger charge is -2.21. The van der Waals surface area contributed by atoms with E-state index in [9.17, 15) is 43.2 Å². The van der Waals surface area contributed by atoms with Gasteiger partial charge in [0.05, 0.1) is 26.4 Å². The van der Waals surface area contributed by atoms with Crippen molar-refractivity contribution in [3.63, 3.8) is 0 Å². The van der Waals surface area contributed by atoms with Gasteiger partial charge in [0.15, 0.2) is 12.2 Å². The molecule has 0 spiro atoms. The Bertz CT molecular complexity index is 1750. The third-order valence-corrected chi connectivity index (χ3v) is 18.4. The summed E-state index contributed by atoms with van der Waals surface area (Å²) in [5.41, 5.74) is 0. The lowest BCUT2D eigenvalue weighted by atomic mass is 10.0. The van der Waals surface area contributed by atoms with Gasteiger partial charge in [-0.05, 0) is 37.5 Å². The average Bonchev–Trinajstić information content (AvgIpc) is 3.71. The van der Waals surface area contributed by atoms with Gasteiger partial charge in [-0.2, -0.15) is 0 Å². The number of carbonyl (C=O) groups is 4. The standard InChI is InChI=1S/C71H138O17P2/c1-7-9-11-13-15-17-18-19-20-21-22-23-24-27-32-36-43-49-55-70(75)87-66(59-82-69(74)54-48-42-35-31-28-25-26-30-33-39-45-51-63(3)4)61-85-89(77,78)83-57-65(72)58-84-90(79,80)86-62-67(88-71(76)56-50-44-38-37-40-46-52-64(5)6)60-81-68(73)53-47-41-34-29-16-14-12-10-8-2/h63-67,72H,7-62H2,1-6H3,(H,77,78)(H,79,80)/t65-,66-,67-/m1/s1. The highest BCUT2D eigenvalue weighted by Crippen LogP contribution is 2.45. The van der Waals surface area contributed by atoms with Crippen LogP contribution in [0.5, 0.6) is 0 Å². The lowest BCUT2D eigenvalue weighted by molar-refractivity contribution is -0.161. The Balaban J connectivity index is 5.20. The molecule has 0 heterocycles. The molecule has 0 aromatic rings. The molecule has 0 aromatic heterocycles. The highest BCUT2D eigenvalue weighted by atomic mass is 31.2. The molecule has 3 N–H and O–H groups in total. The zero-order valence-electron chi connectivity index (χ0n) is 58.4. The molecule has 534 valence electrons. The summed E-state index contributed by atoms with van der Waals surface area (Å²) in [6.45, 7) is 9.45. The number of ether oxygens (including phenoxy) is 4. The molecule has 0 aliphatic carbocycles. The number of phosphoric acid groups is 2. The van der Waals surface area contributed by atoms with Crippen LogP contribution in [0.3, 0.4) is 0 Å². The molecule has 0 aromatic carbocycles. The normalized spacial score (nSPS) is 14.1. The van der Waals surface area contributed by atoms with E-state index in [4.69, 9.17) is 37.0 Å². The van der Waals surface area contributed by atoms with Gasteiger partial charge in [-0.3, -0.25) is 37.3 Å². The van der Waals surface area contributed by atoms with Gasteiger partial charge >= 0.3 is 39.5 Å². The van der Waals surface area contributed by atoms with E-state index in [0.717, 1.165) is 95.8 Å². The largest absolute Gasteiger partial charge is 0.472 e. The molecule has 17 nitrogen and oxygen atoms in total. The van der Waals surface area contributed by atoms with Crippen molar-refractivity contribution >= 4 is 39.5 Å². The summed E-state index contributed by atoms with van der Waals surface area (Å²) in [5.74, 6) is -0.687. The third kappa shape index (κ3) is 64.8. The van der Waals surface area contributed by atoms with Gasteiger partial charge in [-0.15, -0.1) is 0 Å². The third-order valence-electron chi connectivity index (χ3n) is 16.5. The second kappa shape index (κ2) is 63.1. The first-order chi connectivity index (χ1) is 43.4. The molecule has 0 saturated carbocycles. The molecule has 90 heavy (non-hydrogen) atoms. The van der Waals surface area contributed by atoms with Gasteiger partial charge in [-0.1, -0.05) is 311 Å². The number of carbonyl (C=O) groups excluding carboxylic acids is 4. The fourth-order valence-corrected chi connectivity index (χ4v) is 12.3. The Morgan fingerprint density at radius 1 is 0.300 bits per heavy atom. The van der Waals surface area contributed by atoms with E-state index in [1.165, 1.54) is 180 Å². The molecule has 0 fully saturated rings. The van der Waals surface area contributed by atoms with Crippen LogP contribution in [0.25, 0.3) is 0 Å². The van der Waals surface area contributed by atoms with Crippen LogP contribution in [0.1, 0.15) is 363 Å². The SMILES string of the molecule is CCCCCCCCCCCCCCCCCCCCC(=O)O[C@H](COC(=O)CCCCCCCCCCCCCC(C)C)COP(=O)(O)OC[C@@H](O)COP(=O)(O)OC[C@@H](COC(=O)CCCCCCCCCCC)OC(=O)CCCCCCCCC(C)C. The van der Waals surface area contributed by atoms with Gasteiger partial charge < -0.3 is 33.8 Å². The predicted octanol–water partition coefficient (Wildman–Crippen LogP) is 20.4. The molecule has 0 rings (SSSR count). The maximum atomic E-state index is 13.0. The first-order valence-corrected chi connectivity index (χ1v) is 40.0. The highest BCUT2D eigenvalue weighted by Gasteiger charge is 2.30. The number of aliphatic hydroxyl groups excluding tert-OH is 1. The van der Waals surface area contributed by atoms with Crippen LogP contribution in [0.2, 0.25) is 0 Å². The van der Waals surface area contributed by atoms with Crippen molar-refractivity contribution in [2.45, 2.75) is 381 Å². The van der Waals surface area contributed by atoms with Crippen LogP contribution < -0.4 is 0 Å².